The molecule has 0 fully saturated rings. The summed E-state index contributed by atoms with van der Waals surface area (Å²) in [6.07, 6.45) is 2.04. The molecule has 2 aromatic carbocycles. The van der Waals surface area contributed by atoms with Crippen LogP contribution in [0.5, 0.6) is 0 Å². The quantitative estimate of drug-likeness (QED) is 0.576. The van der Waals surface area contributed by atoms with Crippen LogP contribution in [0.1, 0.15) is 34.6 Å². The summed E-state index contributed by atoms with van der Waals surface area (Å²) in [5.74, 6) is 0.272. The molecule has 0 bridgehead atoms. The SMILES string of the molecule is Cc1ccc(-c2cnc(CCC(=O)OCC(=O)Nc3c(C)cc(C)cc3C)o2)cc1. The number of esters is 1. The molecular formula is C24H26N2O4. The van der Waals surface area contributed by atoms with Crippen molar-refractivity contribution in [1.82, 2.24) is 4.98 Å². The van der Waals surface area contributed by atoms with Crippen molar-refractivity contribution in [2.24, 2.45) is 0 Å². The molecule has 1 heterocycles. The summed E-state index contributed by atoms with van der Waals surface area (Å²) in [6.45, 7) is 7.56. The van der Waals surface area contributed by atoms with E-state index in [-0.39, 0.29) is 18.9 Å². The number of nitrogens with zero attached hydrogens (tertiary/aromatic N) is 1. The predicted octanol–water partition coefficient (Wildman–Crippen LogP) is 4.69. The number of hydrogen-bond donors (Lipinski definition) is 1. The zero-order valence-corrected chi connectivity index (χ0v) is 17.7. The van der Waals surface area contributed by atoms with Crippen molar-refractivity contribution in [3.05, 3.63) is 70.7 Å². The zero-order valence-electron chi connectivity index (χ0n) is 17.7. The molecule has 6 nitrogen and oxygen atoms in total. The number of anilines is 1. The minimum absolute atomic E-state index is 0.0870. The van der Waals surface area contributed by atoms with Gasteiger partial charge in [0.15, 0.2) is 18.3 Å². The van der Waals surface area contributed by atoms with E-state index in [2.05, 4.69) is 10.3 Å². The number of rotatable bonds is 7. The van der Waals surface area contributed by atoms with Crippen LogP contribution in [0.4, 0.5) is 5.69 Å². The second kappa shape index (κ2) is 9.39. The highest BCUT2D eigenvalue weighted by Gasteiger charge is 2.13. The van der Waals surface area contributed by atoms with Crippen LogP contribution in [0.2, 0.25) is 0 Å². The molecule has 0 saturated carbocycles. The third-order valence-corrected chi connectivity index (χ3v) is 4.74. The molecule has 30 heavy (non-hydrogen) atoms. The van der Waals surface area contributed by atoms with Gasteiger partial charge < -0.3 is 14.5 Å². The molecule has 156 valence electrons. The third-order valence-electron chi connectivity index (χ3n) is 4.74. The fourth-order valence-corrected chi connectivity index (χ4v) is 3.26. The number of carbonyl (C=O) groups is 2. The Balaban J connectivity index is 1.46. The summed E-state index contributed by atoms with van der Waals surface area (Å²) < 4.78 is 10.8. The van der Waals surface area contributed by atoms with Crippen LogP contribution in [0.25, 0.3) is 11.3 Å². The van der Waals surface area contributed by atoms with Gasteiger partial charge in [-0.3, -0.25) is 9.59 Å². The Kier molecular flexibility index (Phi) is 6.67. The van der Waals surface area contributed by atoms with Gasteiger partial charge in [-0.15, -0.1) is 0 Å². The van der Waals surface area contributed by atoms with Crippen molar-refractivity contribution in [3.8, 4) is 11.3 Å². The number of nitrogens with one attached hydrogen (secondary N) is 1. The van der Waals surface area contributed by atoms with Crippen LogP contribution in [-0.4, -0.2) is 23.5 Å². The van der Waals surface area contributed by atoms with Gasteiger partial charge in [0.2, 0.25) is 0 Å². The molecule has 0 atom stereocenters. The lowest BCUT2D eigenvalue weighted by molar-refractivity contribution is -0.147. The maximum absolute atomic E-state index is 12.1. The van der Waals surface area contributed by atoms with Crippen LogP contribution in [0, 0.1) is 27.7 Å². The van der Waals surface area contributed by atoms with Crippen LogP contribution in [0.3, 0.4) is 0 Å². The summed E-state index contributed by atoms with van der Waals surface area (Å²) >= 11 is 0. The average Bonchev–Trinajstić information content (AvgIpc) is 3.17. The van der Waals surface area contributed by atoms with E-state index < -0.39 is 5.97 Å². The van der Waals surface area contributed by atoms with Gasteiger partial charge in [0.1, 0.15) is 0 Å². The number of aryl methyl sites for hydroxylation is 5. The Morgan fingerprint density at radius 3 is 2.33 bits per heavy atom. The predicted molar refractivity (Wildman–Crippen MR) is 115 cm³/mol. The van der Waals surface area contributed by atoms with E-state index >= 15 is 0 Å². The van der Waals surface area contributed by atoms with E-state index in [0.29, 0.717) is 18.1 Å². The third kappa shape index (κ3) is 5.56. The number of ether oxygens (including phenoxy) is 1. The fraction of sp³-hybridized carbons (Fsp3) is 0.292. The Bertz CT molecular complexity index is 1030. The first kappa shape index (κ1) is 21.3. The molecule has 0 aliphatic carbocycles. The second-order valence-corrected chi connectivity index (χ2v) is 7.47. The number of hydrogen-bond acceptors (Lipinski definition) is 5. The first-order valence-electron chi connectivity index (χ1n) is 9.87. The number of carbonyl (C=O) groups excluding carboxylic acids is 2. The van der Waals surface area contributed by atoms with Crippen molar-refractivity contribution < 1.29 is 18.7 Å². The summed E-state index contributed by atoms with van der Waals surface area (Å²) in [4.78, 5) is 28.4. The van der Waals surface area contributed by atoms with Gasteiger partial charge in [0, 0.05) is 17.7 Å². The first-order chi connectivity index (χ1) is 14.3. The summed E-state index contributed by atoms with van der Waals surface area (Å²) in [7, 11) is 0. The van der Waals surface area contributed by atoms with Gasteiger partial charge in [-0.2, -0.15) is 0 Å². The van der Waals surface area contributed by atoms with E-state index in [9.17, 15) is 9.59 Å². The van der Waals surface area contributed by atoms with Crippen molar-refractivity contribution in [2.75, 3.05) is 11.9 Å². The Morgan fingerprint density at radius 1 is 1.00 bits per heavy atom. The van der Waals surface area contributed by atoms with Crippen LogP contribution >= 0.6 is 0 Å². The number of benzene rings is 2. The molecule has 0 aliphatic heterocycles. The molecule has 3 aromatic rings. The molecule has 1 N–H and O–H groups in total. The highest BCUT2D eigenvalue weighted by Crippen LogP contribution is 2.22. The first-order valence-corrected chi connectivity index (χ1v) is 9.87. The monoisotopic (exact) mass is 406 g/mol. The Hall–Kier alpha value is -3.41. The smallest absolute Gasteiger partial charge is 0.306 e. The largest absolute Gasteiger partial charge is 0.456 e. The molecule has 0 aliphatic rings. The molecule has 0 radical (unpaired) electrons. The molecule has 6 heteroatoms. The molecule has 1 aromatic heterocycles. The standard InChI is InChI=1S/C24H26N2O4/c1-15-5-7-19(8-6-15)20-13-25-22(30-20)9-10-23(28)29-14-21(27)26-24-17(3)11-16(2)12-18(24)4/h5-8,11-13H,9-10,14H2,1-4H3,(H,26,27). The van der Waals surface area contributed by atoms with Gasteiger partial charge in [-0.05, 0) is 38.8 Å². The Labute approximate surface area is 176 Å². The topological polar surface area (TPSA) is 81.4 Å². The normalized spacial score (nSPS) is 10.7. The van der Waals surface area contributed by atoms with Gasteiger partial charge in [0.25, 0.3) is 5.91 Å². The van der Waals surface area contributed by atoms with E-state index in [4.69, 9.17) is 9.15 Å². The lowest BCUT2D eigenvalue weighted by atomic mass is 10.1. The van der Waals surface area contributed by atoms with Crippen molar-refractivity contribution in [3.63, 3.8) is 0 Å². The number of amides is 1. The minimum atomic E-state index is -0.474. The van der Waals surface area contributed by atoms with Crippen molar-refractivity contribution in [2.45, 2.75) is 40.5 Å². The molecule has 3 rings (SSSR count). The zero-order chi connectivity index (χ0) is 21.7. The average molecular weight is 406 g/mol. The lowest BCUT2D eigenvalue weighted by Gasteiger charge is -2.13. The number of oxazole rings is 1. The van der Waals surface area contributed by atoms with E-state index in [1.54, 1.807) is 6.20 Å². The van der Waals surface area contributed by atoms with Crippen LogP contribution in [-0.2, 0) is 20.7 Å². The summed E-state index contributed by atoms with van der Waals surface area (Å²) in [5.41, 5.74) is 5.93. The summed E-state index contributed by atoms with van der Waals surface area (Å²) in [5, 5.41) is 2.81. The number of aromatic nitrogens is 1. The van der Waals surface area contributed by atoms with Crippen LogP contribution < -0.4 is 5.32 Å². The van der Waals surface area contributed by atoms with Crippen LogP contribution in [0.15, 0.2) is 47.0 Å². The van der Waals surface area contributed by atoms with Crippen molar-refractivity contribution in [1.29, 1.82) is 0 Å². The highest BCUT2D eigenvalue weighted by atomic mass is 16.5. The maximum Gasteiger partial charge on any atom is 0.306 e. The fourth-order valence-electron chi connectivity index (χ4n) is 3.26. The second-order valence-electron chi connectivity index (χ2n) is 7.47. The molecule has 0 unspecified atom stereocenters. The van der Waals surface area contributed by atoms with E-state index in [0.717, 1.165) is 33.5 Å². The van der Waals surface area contributed by atoms with E-state index in [1.165, 1.54) is 0 Å². The summed E-state index contributed by atoms with van der Waals surface area (Å²) in [6, 6.07) is 11.9. The van der Waals surface area contributed by atoms with Gasteiger partial charge in [-0.1, -0.05) is 47.5 Å². The Morgan fingerprint density at radius 2 is 1.67 bits per heavy atom. The van der Waals surface area contributed by atoms with Gasteiger partial charge in [-0.25, -0.2) is 4.98 Å². The van der Waals surface area contributed by atoms with Gasteiger partial charge >= 0.3 is 5.97 Å². The molecule has 0 spiro atoms. The highest BCUT2D eigenvalue weighted by molar-refractivity contribution is 5.94. The minimum Gasteiger partial charge on any atom is -0.456 e. The molecule has 0 saturated heterocycles. The lowest BCUT2D eigenvalue weighted by Crippen LogP contribution is -2.22. The molecule has 1 amide bonds. The van der Waals surface area contributed by atoms with E-state index in [1.807, 2.05) is 64.1 Å². The maximum atomic E-state index is 12.1. The van der Waals surface area contributed by atoms with Gasteiger partial charge in [0.05, 0.1) is 12.6 Å². The van der Waals surface area contributed by atoms with Crippen molar-refractivity contribution >= 4 is 17.6 Å². The molecular weight excluding hydrogens is 380 g/mol.